The Bertz CT molecular complexity index is 950. The first kappa shape index (κ1) is 25.3. The molecule has 9 heteroatoms. The van der Waals surface area contributed by atoms with Crippen LogP contribution in [0.5, 0.6) is 5.75 Å². The van der Waals surface area contributed by atoms with E-state index in [9.17, 15) is 9.59 Å². The molecular weight excluding hydrogens is 446 g/mol. The van der Waals surface area contributed by atoms with Crippen molar-refractivity contribution in [2.45, 2.75) is 83.5 Å². The highest BCUT2D eigenvalue weighted by atomic mass is 16.5. The molecule has 1 aromatic carbocycles. The highest BCUT2D eigenvalue weighted by Gasteiger charge is 2.36. The molecular formula is C26H39N5O4. The van der Waals surface area contributed by atoms with Crippen molar-refractivity contribution in [3.8, 4) is 5.75 Å². The number of primary amides is 1. The van der Waals surface area contributed by atoms with Gasteiger partial charge in [-0.3, -0.25) is 9.59 Å². The number of guanidine groups is 1. The number of nitrogens with two attached hydrogens (primary N) is 2. The van der Waals surface area contributed by atoms with E-state index in [1.165, 1.54) is 32.1 Å². The number of rotatable bonds is 9. The number of nitrogens with one attached hydrogen (secondary N) is 1. The van der Waals surface area contributed by atoms with E-state index in [1.807, 2.05) is 32.0 Å². The molecule has 35 heavy (non-hydrogen) atoms. The molecule has 1 amide bonds. The second-order valence-corrected chi connectivity index (χ2v) is 10.3. The summed E-state index contributed by atoms with van der Waals surface area (Å²) < 4.78 is 11.2. The quantitative estimate of drug-likeness (QED) is 0.458. The highest BCUT2D eigenvalue weighted by Crippen LogP contribution is 2.35. The van der Waals surface area contributed by atoms with Gasteiger partial charge in [0, 0.05) is 24.7 Å². The fourth-order valence-corrected chi connectivity index (χ4v) is 5.63. The molecule has 4 unspecified atom stereocenters. The van der Waals surface area contributed by atoms with Crippen molar-refractivity contribution >= 4 is 23.5 Å². The summed E-state index contributed by atoms with van der Waals surface area (Å²) in [6, 6.07) is 6.29. The van der Waals surface area contributed by atoms with E-state index in [0.717, 1.165) is 23.6 Å². The monoisotopic (exact) mass is 485 g/mol. The zero-order valence-corrected chi connectivity index (χ0v) is 20.9. The van der Waals surface area contributed by atoms with Gasteiger partial charge in [-0.1, -0.05) is 18.9 Å². The fraction of sp³-hybridized carbons (Fsp3) is 0.654. The number of fused-ring (bicyclic) bond motifs is 2. The van der Waals surface area contributed by atoms with Gasteiger partial charge in [0.2, 0.25) is 5.91 Å². The Hall–Kier alpha value is -2.81. The second kappa shape index (κ2) is 11.3. The zero-order chi connectivity index (χ0) is 24.9. The van der Waals surface area contributed by atoms with E-state index in [2.05, 4.69) is 10.3 Å². The van der Waals surface area contributed by atoms with Crippen LogP contribution in [0, 0.1) is 11.8 Å². The summed E-state index contributed by atoms with van der Waals surface area (Å²) in [7, 11) is 0. The number of amides is 1. The van der Waals surface area contributed by atoms with Gasteiger partial charge in [0.1, 0.15) is 12.3 Å². The van der Waals surface area contributed by atoms with Gasteiger partial charge in [0.15, 0.2) is 5.96 Å². The van der Waals surface area contributed by atoms with Gasteiger partial charge in [-0.2, -0.15) is 0 Å². The van der Waals surface area contributed by atoms with Crippen molar-refractivity contribution in [1.82, 2.24) is 10.2 Å². The van der Waals surface area contributed by atoms with Crippen molar-refractivity contribution in [3.05, 3.63) is 23.8 Å². The number of esters is 1. The summed E-state index contributed by atoms with van der Waals surface area (Å²) in [5, 5.41) is 3.73. The molecule has 0 aromatic heterocycles. The lowest BCUT2D eigenvalue weighted by Crippen LogP contribution is -2.54. The molecule has 4 atom stereocenters. The van der Waals surface area contributed by atoms with Crippen molar-refractivity contribution in [2.24, 2.45) is 28.3 Å². The second-order valence-electron chi connectivity index (χ2n) is 10.3. The standard InChI is InChI=1S/C26H39N5O4/c1-16(2)35-24(32)15-31-14-18-7-9-19(13-23(18)30-26(31)28)34-12-11-20(25(27)33)22-10-8-17-5-3-4-6-21(17)29-22/h7,9,13,16-17,20-22,29H,3-6,8,10-12,14-15H2,1-2H3,(H2,27,33)(H2,28,30). The maximum absolute atomic E-state index is 12.3. The largest absolute Gasteiger partial charge is 0.493 e. The molecule has 4 rings (SSSR count). The minimum absolute atomic E-state index is 0.0521. The van der Waals surface area contributed by atoms with Crippen LogP contribution in [-0.2, 0) is 20.9 Å². The molecule has 192 valence electrons. The lowest BCUT2D eigenvalue weighted by molar-refractivity contribution is -0.147. The number of hydrogen-bond acceptors (Lipinski definition) is 8. The van der Waals surface area contributed by atoms with Crippen LogP contribution in [0.2, 0.25) is 0 Å². The summed E-state index contributed by atoms with van der Waals surface area (Å²) in [5.41, 5.74) is 13.6. The minimum Gasteiger partial charge on any atom is -0.493 e. The van der Waals surface area contributed by atoms with E-state index < -0.39 is 0 Å². The Morgan fingerprint density at radius 2 is 2.00 bits per heavy atom. The Kier molecular flexibility index (Phi) is 8.15. The number of carbonyl (C=O) groups is 2. The van der Waals surface area contributed by atoms with Crippen LogP contribution < -0.4 is 21.5 Å². The average molecular weight is 486 g/mol. The third-order valence-corrected chi connectivity index (χ3v) is 7.40. The Balaban J connectivity index is 1.31. The number of hydrogen-bond donors (Lipinski definition) is 3. The lowest BCUT2D eigenvalue weighted by Gasteiger charge is -2.42. The molecule has 0 radical (unpaired) electrons. The predicted molar refractivity (Wildman–Crippen MR) is 134 cm³/mol. The summed E-state index contributed by atoms with van der Waals surface area (Å²) >= 11 is 0. The van der Waals surface area contributed by atoms with Crippen LogP contribution >= 0.6 is 0 Å². The number of piperidine rings is 1. The molecule has 1 aliphatic carbocycles. The summed E-state index contributed by atoms with van der Waals surface area (Å²) in [6.07, 6.45) is 7.61. The predicted octanol–water partition coefficient (Wildman–Crippen LogP) is 2.58. The fourth-order valence-electron chi connectivity index (χ4n) is 5.63. The maximum Gasteiger partial charge on any atom is 0.325 e. The number of ether oxygens (including phenoxy) is 2. The van der Waals surface area contributed by atoms with Gasteiger partial charge in [0.05, 0.1) is 24.3 Å². The van der Waals surface area contributed by atoms with E-state index >= 15 is 0 Å². The lowest BCUT2D eigenvalue weighted by atomic mass is 9.75. The normalized spacial score (nSPS) is 24.7. The van der Waals surface area contributed by atoms with Crippen LogP contribution in [0.25, 0.3) is 0 Å². The van der Waals surface area contributed by atoms with Crippen molar-refractivity contribution < 1.29 is 19.1 Å². The third kappa shape index (κ3) is 6.45. The Morgan fingerprint density at radius 1 is 1.20 bits per heavy atom. The van der Waals surface area contributed by atoms with Crippen LogP contribution in [0.3, 0.4) is 0 Å². The SMILES string of the molecule is CC(C)OC(=O)CN1Cc2ccc(OCCC(C(N)=O)C3CCC4CCCCC4N3)cc2N=C1N. The molecule has 2 heterocycles. The van der Waals surface area contributed by atoms with Gasteiger partial charge >= 0.3 is 5.97 Å². The number of aliphatic imine (C=N–C) groups is 1. The number of nitrogens with zero attached hydrogens (tertiary/aromatic N) is 2. The van der Waals surface area contributed by atoms with Gasteiger partial charge < -0.3 is 31.2 Å². The van der Waals surface area contributed by atoms with E-state index in [1.54, 1.807) is 4.90 Å². The molecule has 1 aromatic rings. The molecule has 1 saturated carbocycles. The molecule has 0 spiro atoms. The van der Waals surface area contributed by atoms with Crippen molar-refractivity contribution in [3.63, 3.8) is 0 Å². The topological polar surface area (TPSA) is 132 Å². The van der Waals surface area contributed by atoms with E-state index in [0.29, 0.717) is 31.4 Å². The zero-order valence-electron chi connectivity index (χ0n) is 20.9. The average Bonchev–Trinajstić information content (AvgIpc) is 2.81. The molecule has 0 bridgehead atoms. The van der Waals surface area contributed by atoms with E-state index in [-0.39, 0.29) is 42.4 Å². The molecule has 3 aliphatic rings. The first-order valence-corrected chi connectivity index (χ1v) is 12.9. The molecule has 2 fully saturated rings. The first-order chi connectivity index (χ1) is 16.8. The Morgan fingerprint density at radius 3 is 2.77 bits per heavy atom. The smallest absolute Gasteiger partial charge is 0.325 e. The third-order valence-electron chi connectivity index (χ3n) is 7.40. The van der Waals surface area contributed by atoms with E-state index in [4.69, 9.17) is 20.9 Å². The highest BCUT2D eigenvalue weighted by molar-refractivity contribution is 5.87. The van der Waals surface area contributed by atoms with Gasteiger partial charge in [0.25, 0.3) is 0 Å². The Labute approximate surface area is 207 Å². The van der Waals surface area contributed by atoms with Gasteiger partial charge in [-0.05, 0) is 63.5 Å². The summed E-state index contributed by atoms with van der Waals surface area (Å²) in [4.78, 5) is 30.4. The van der Waals surface area contributed by atoms with Crippen molar-refractivity contribution in [2.75, 3.05) is 13.2 Å². The van der Waals surface area contributed by atoms with Crippen LogP contribution in [-0.4, -0.2) is 54.1 Å². The van der Waals surface area contributed by atoms with Crippen LogP contribution in [0.15, 0.2) is 23.2 Å². The molecule has 5 N–H and O–H groups in total. The maximum atomic E-state index is 12.3. The minimum atomic E-state index is -0.336. The first-order valence-electron chi connectivity index (χ1n) is 12.9. The number of carbonyl (C=O) groups excluding carboxylic acids is 2. The van der Waals surface area contributed by atoms with Crippen LogP contribution in [0.4, 0.5) is 5.69 Å². The van der Waals surface area contributed by atoms with Gasteiger partial charge in [-0.15, -0.1) is 0 Å². The summed E-state index contributed by atoms with van der Waals surface area (Å²) in [6.45, 7) is 4.54. The van der Waals surface area contributed by atoms with Crippen molar-refractivity contribution in [1.29, 1.82) is 0 Å². The summed E-state index contributed by atoms with van der Waals surface area (Å²) in [5.74, 6) is 0.832. The molecule has 2 aliphatic heterocycles. The number of benzene rings is 1. The van der Waals surface area contributed by atoms with Gasteiger partial charge in [-0.25, -0.2) is 4.99 Å². The van der Waals surface area contributed by atoms with Crippen LogP contribution in [0.1, 0.15) is 64.4 Å². The molecule has 9 nitrogen and oxygen atoms in total. The molecule has 1 saturated heterocycles.